The van der Waals surface area contributed by atoms with Crippen molar-refractivity contribution in [1.29, 1.82) is 0 Å². The number of nitrogens with zero attached hydrogens (tertiary/aromatic N) is 3. The zero-order valence-electron chi connectivity index (χ0n) is 15.0. The van der Waals surface area contributed by atoms with E-state index in [1.54, 1.807) is 6.07 Å². The maximum absolute atomic E-state index is 6.29. The maximum atomic E-state index is 6.29. The normalized spacial score (nSPS) is 14.6. The Morgan fingerprint density at radius 2 is 1.85 bits per heavy atom. The lowest BCUT2D eigenvalue weighted by molar-refractivity contribution is 0.122. The minimum Gasteiger partial charge on any atom is -0.378 e. The number of fused-ring (bicyclic) bond motifs is 1. The van der Waals surface area contributed by atoms with E-state index in [0.29, 0.717) is 16.6 Å². The van der Waals surface area contributed by atoms with Gasteiger partial charge >= 0.3 is 0 Å². The average molecular weight is 403 g/mol. The van der Waals surface area contributed by atoms with Gasteiger partial charge in [0.15, 0.2) is 5.82 Å². The molecule has 1 aliphatic heterocycles. The van der Waals surface area contributed by atoms with Crippen LogP contribution in [0.25, 0.3) is 10.8 Å². The van der Waals surface area contributed by atoms with Crippen LogP contribution in [-0.2, 0) is 11.3 Å². The molecule has 0 unspecified atom stereocenters. The van der Waals surface area contributed by atoms with Gasteiger partial charge < -0.3 is 15.0 Å². The van der Waals surface area contributed by atoms with Gasteiger partial charge in [-0.25, -0.2) is 0 Å². The molecule has 2 aromatic carbocycles. The molecule has 27 heavy (non-hydrogen) atoms. The van der Waals surface area contributed by atoms with Crippen molar-refractivity contribution in [2.75, 3.05) is 36.5 Å². The second kappa shape index (κ2) is 7.89. The third kappa shape index (κ3) is 3.95. The lowest BCUT2D eigenvalue weighted by Gasteiger charge is -2.29. The monoisotopic (exact) mass is 402 g/mol. The molecule has 1 saturated heterocycles. The van der Waals surface area contributed by atoms with Crippen molar-refractivity contribution in [2.45, 2.75) is 13.5 Å². The Hall–Kier alpha value is -2.08. The Bertz CT molecular complexity index is 974. The number of ether oxygens (including phenoxy) is 1. The topological polar surface area (TPSA) is 50.3 Å². The lowest BCUT2D eigenvalue weighted by atomic mass is 10.1. The Morgan fingerprint density at radius 1 is 1.04 bits per heavy atom. The van der Waals surface area contributed by atoms with Crippen molar-refractivity contribution >= 4 is 45.5 Å². The van der Waals surface area contributed by atoms with Gasteiger partial charge in [0.2, 0.25) is 0 Å². The number of hydrogen-bond acceptors (Lipinski definition) is 5. The van der Waals surface area contributed by atoms with Crippen LogP contribution in [0.5, 0.6) is 0 Å². The third-order valence-corrected chi connectivity index (χ3v) is 5.37. The summed E-state index contributed by atoms with van der Waals surface area (Å²) in [6, 6.07) is 11.9. The van der Waals surface area contributed by atoms with Gasteiger partial charge in [-0.1, -0.05) is 35.3 Å². The van der Waals surface area contributed by atoms with Crippen LogP contribution in [0.3, 0.4) is 0 Å². The average Bonchev–Trinajstić information content (AvgIpc) is 2.69. The Labute approximate surface area is 168 Å². The van der Waals surface area contributed by atoms with Gasteiger partial charge in [0.05, 0.1) is 18.9 Å². The van der Waals surface area contributed by atoms with E-state index in [4.69, 9.17) is 27.9 Å². The Kier molecular flexibility index (Phi) is 5.34. The summed E-state index contributed by atoms with van der Waals surface area (Å²) in [5.74, 6) is 0.747. The van der Waals surface area contributed by atoms with Crippen LogP contribution in [0.15, 0.2) is 36.4 Å². The van der Waals surface area contributed by atoms with E-state index in [1.165, 1.54) is 5.69 Å². The highest BCUT2D eigenvalue weighted by molar-refractivity contribution is 6.35. The molecule has 7 heteroatoms. The van der Waals surface area contributed by atoms with Crippen LogP contribution >= 0.6 is 23.2 Å². The van der Waals surface area contributed by atoms with Crippen molar-refractivity contribution in [3.8, 4) is 0 Å². The van der Waals surface area contributed by atoms with Gasteiger partial charge in [-0.15, -0.1) is 5.10 Å². The van der Waals surface area contributed by atoms with E-state index in [9.17, 15) is 0 Å². The van der Waals surface area contributed by atoms with Crippen molar-refractivity contribution in [3.05, 3.63) is 57.7 Å². The van der Waals surface area contributed by atoms with E-state index in [2.05, 4.69) is 38.6 Å². The molecule has 0 spiro atoms. The first kappa shape index (κ1) is 18.3. The third-order valence-electron chi connectivity index (χ3n) is 4.79. The molecule has 0 saturated carbocycles. The van der Waals surface area contributed by atoms with E-state index in [-0.39, 0.29) is 0 Å². The molecule has 140 valence electrons. The Balaban J connectivity index is 1.65. The largest absolute Gasteiger partial charge is 0.378 e. The second-order valence-corrected chi connectivity index (χ2v) is 7.40. The molecule has 1 fully saturated rings. The van der Waals surface area contributed by atoms with E-state index >= 15 is 0 Å². The maximum Gasteiger partial charge on any atom is 0.156 e. The summed E-state index contributed by atoms with van der Waals surface area (Å²) in [5, 5.41) is 15.5. The fraction of sp³-hybridized carbons (Fsp3) is 0.300. The number of aryl methyl sites for hydroxylation is 1. The highest BCUT2D eigenvalue weighted by Gasteiger charge is 2.14. The molecule has 3 aromatic rings. The molecule has 0 amide bonds. The number of morpholine rings is 1. The minimum absolute atomic E-state index is 0.546. The molecule has 1 aromatic heterocycles. The lowest BCUT2D eigenvalue weighted by Crippen LogP contribution is -2.36. The van der Waals surface area contributed by atoms with Crippen LogP contribution in [0, 0.1) is 6.92 Å². The first-order valence-corrected chi connectivity index (χ1v) is 9.65. The number of nitrogens with one attached hydrogen (secondary N) is 1. The van der Waals surface area contributed by atoms with Gasteiger partial charge in [0.1, 0.15) is 0 Å². The van der Waals surface area contributed by atoms with Gasteiger partial charge in [-0.05, 0) is 36.8 Å². The van der Waals surface area contributed by atoms with Crippen molar-refractivity contribution < 1.29 is 4.74 Å². The van der Waals surface area contributed by atoms with Gasteiger partial charge in [0, 0.05) is 46.1 Å². The minimum atomic E-state index is 0.546. The highest BCUT2D eigenvalue weighted by atomic mass is 35.5. The summed E-state index contributed by atoms with van der Waals surface area (Å²) < 4.78 is 5.46. The van der Waals surface area contributed by atoms with Crippen molar-refractivity contribution in [1.82, 2.24) is 10.2 Å². The van der Waals surface area contributed by atoms with Crippen LogP contribution < -0.4 is 10.2 Å². The molecular formula is C20H20Cl2N4O. The SMILES string of the molecule is Cc1nnc(NCc2ccc(Cl)cc2Cl)c2cc(N3CCOCC3)ccc12. The van der Waals surface area contributed by atoms with Crippen molar-refractivity contribution in [3.63, 3.8) is 0 Å². The first-order chi connectivity index (χ1) is 13.1. The van der Waals surface area contributed by atoms with Gasteiger partial charge in [-0.3, -0.25) is 0 Å². The predicted octanol–water partition coefficient (Wildman–Crippen LogP) is 4.69. The van der Waals surface area contributed by atoms with Crippen LogP contribution in [0.2, 0.25) is 10.0 Å². The number of benzene rings is 2. The smallest absolute Gasteiger partial charge is 0.156 e. The van der Waals surface area contributed by atoms with Crippen molar-refractivity contribution in [2.24, 2.45) is 0 Å². The number of halogens is 2. The fourth-order valence-corrected chi connectivity index (χ4v) is 3.74. The molecule has 0 radical (unpaired) electrons. The summed E-state index contributed by atoms with van der Waals surface area (Å²) in [4.78, 5) is 2.33. The quantitative estimate of drug-likeness (QED) is 0.685. The zero-order valence-corrected chi connectivity index (χ0v) is 16.5. The number of aromatic nitrogens is 2. The Morgan fingerprint density at radius 3 is 2.63 bits per heavy atom. The molecule has 1 aliphatic rings. The van der Waals surface area contributed by atoms with Gasteiger partial charge in [-0.2, -0.15) is 5.10 Å². The van der Waals surface area contributed by atoms with Crippen LogP contribution in [-0.4, -0.2) is 36.5 Å². The summed E-state index contributed by atoms with van der Waals surface area (Å²) in [6.07, 6.45) is 0. The second-order valence-electron chi connectivity index (χ2n) is 6.55. The van der Waals surface area contributed by atoms with Crippen LogP contribution in [0.1, 0.15) is 11.3 Å². The van der Waals surface area contributed by atoms with E-state index < -0.39 is 0 Å². The highest BCUT2D eigenvalue weighted by Crippen LogP contribution is 2.29. The number of hydrogen-bond donors (Lipinski definition) is 1. The molecule has 2 heterocycles. The zero-order chi connectivity index (χ0) is 18.8. The first-order valence-electron chi connectivity index (χ1n) is 8.89. The summed E-state index contributed by atoms with van der Waals surface area (Å²) in [7, 11) is 0. The van der Waals surface area contributed by atoms with E-state index in [1.807, 2.05) is 19.1 Å². The standard InChI is InChI=1S/C20H20Cl2N4O/c1-13-17-5-4-16(26-6-8-27-9-7-26)11-18(17)20(25-24-13)23-12-14-2-3-15(21)10-19(14)22/h2-5,10-11H,6-9,12H2,1H3,(H,23,25). The number of anilines is 2. The summed E-state index contributed by atoms with van der Waals surface area (Å²) >= 11 is 12.3. The molecular weight excluding hydrogens is 383 g/mol. The molecule has 0 aliphatic carbocycles. The van der Waals surface area contributed by atoms with Crippen LogP contribution in [0.4, 0.5) is 11.5 Å². The summed E-state index contributed by atoms with van der Waals surface area (Å²) in [5.41, 5.74) is 3.04. The molecule has 0 bridgehead atoms. The summed E-state index contributed by atoms with van der Waals surface area (Å²) in [6.45, 7) is 5.82. The fourth-order valence-electron chi connectivity index (χ4n) is 3.27. The molecule has 0 atom stereocenters. The van der Waals surface area contributed by atoms with Gasteiger partial charge in [0.25, 0.3) is 0 Å². The number of rotatable bonds is 4. The molecule has 4 rings (SSSR count). The van der Waals surface area contributed by atoms with E-state index in [0.717, 1.165) is 54.2 Å². The molecule has 1 N–H and O–H groups in total. The molecule has 5 nitrogen and oxygen atoms in total. The predicted molar refractivity (Wildman–Crippen MR) is 111 cm³/mol.